The molecule has 0 bridgehead atoms. The van der Waals surface area contributed by atoms with Gasteiger partial charge in [-0.05, 0) is 45.0 Å². The average Bonchev–Trinajstić information content (AvgIpc) is 2.34. The molecule has 0 heterocycles. The maximum atomic E-state index is 11.6. The number of nitrogens with one attached hydrogen (secondary N) is 3. The highest BCUT2D eigenvalue weighted by molar-refractivity contribution is 5.85. The number of anilines is 1. The molecule has 0 aromatic heterocycles. The van der Waals surface area contributed by atoms with Crippen LogP contribution >= 0.6 is 24.8 Å². The number of hydrogen-bond acceptors (Lipinski definition) is 3. The second-order valence-corrected chi connectivity index (χ2v) is 4.43. The van der Waals surface area contributed by atoms with Crippen LogP contribution in [0.3, 0.4) is 0 Å². The number of rotatable bonds is 7. The lowest BCUT2D eigenvalue weighted by molar-refractivity contribution is -0.119. The summed E-state index contributed by atoms with van der Waals surface area (Å²) < 4.78 is 0. The molecule has 1 amide bonds. The van der Waals surface area contributed by atoms with Crippen molar-refractivity contribution in [2.75, 3.05) is 32.0 Å². The van der Waals surface area contributed by atoms with Crippen LogP contribution in [0.5, 0.6) is 0 Å². The Hall–Kier alpha value is -0.970. The predicted octanol–water partition coefficient (Wildman–Crippen LogP) is 2.28. The minimum atomic E-state index is 0. The third kappa shape index (κ3) is 7.58. The zero-order chi connectivity index (χ0) is 13.4. The standard InChI is InChI=1S/C14H23N3O.2ClH/c1-11-6-4-7-12(2)14(11)17-10-13(18)16-9-5-8-15-3;;/h4,6-7,15,17H,5,8-10H2,1-3H3,(H,16,18);2*1H. The minimum absolute atomic E-state index is 0. The van der Waals surface area contributed by atoms with Crippen molar-refractivity contribution in [3.63, 3.8) is 0 Å². The fourth-order valence-electron chi connectivity index (χ4n) is 1.82. The molecule has 0 saturated carbocycles. The maximum absolute atomic E-state index is 11.6. The largest absolute Gasteiger partial charge is 0.376 e. The molecule has 0 saturated heterocycles. The number of carbonyl (C=O) groups is 1. The molecule has 0 spiro atoms. The molecule has 0 atom stereocenters. The smallest absolute Gasteiger partial charge is 0.239 e. The number of para-hydroxylation sites is 1. The first kappa shape index (κ1) is 21.3. The van der Waals surface area contributed by atoms with Crippen LogP contribution < -0.4 is 16.0 Å². The lowest BCUT2D eigenvalue weighted by Gasteiger charge is -2.12. The van der Waals surface area contributed by atoms with Gasteiger partial charge in [0, 0.05) is 12.2 Å². The van der Waals surface area contributed by atoms with Crippen molar-refractivity contribution in [2.45, 2.75) is 20.3 Å². The summed E-state index contributed by atoms with van der Waals surface area (Å²) >= 11 is 0. The molecule has 6 heteroatoms. The van der Waals surface area contributed by atoms with Crippen LogP contribution in [0.25, 0.3) is 0 Å². The van der Waals surface area contributed by atoms with Crippen LogP contribution in [0.15, 0.2) is 18.2 Å². The van der Waals surface area contributed by atoms with Crippen LogP contribution in [-0.4, -0.2) is 32.6 Å². The molecular formula is C14H25Cl2N3O. The van der Waals surface area contributed by atoms with E-state index >= 15 is 0 Å². The van der Waals surface area contributed by atoms with Crippen molar-refractivity contribution >= 4 is 36.4 Å². The number of halogens is 2. The maximum Gasteiger partial charge on any atom is 0.239 e. The van der Waals surface area contributed by atoms with E-state index in [2.05, 4.69) is 16.0 Å². The lowest BCUT2D eigenvalue weighted by Crippen LogP contribution is -2.32. The fraction of sp³-hybridized carbons (Fsp3) is 0.500. The van der Waals surface area contributed by atoms with E-state index in [9.17, 15) is 4.79 Å². The van der Waals surface area contributed by atoms with Gasteiger partial charge in [-0.15, -0.1) is 24.8 Å². The Kier molecular flexibility index (Phi) is 12.6. The predicted molar refractivity (Wildman–Crippen MR) is 90.5 cm³/mol. The van der Waals surface area contributed by atoms with Gasteiger partial charge in [0.05, 0.1) is 6.54 Å². The van der Waals surface area contributed by atoms with E-state index in [1.807, 2.05) is 39.1 Å². The van der Waals surface area contributed by atoms with Crippen molar-refractivity contribution in [1.29, 1.82) is 0 Å². The number of aryl methyl sites for hydroxylation is 2. The van der Waals surface area contributed by atoms with Crippen molar-refractivity contribution in [2.24, 2.45) is 0 Å². The van der Waals surface area contributed by atoms with Gasteiger partial charge in [-0.3, -0.25) is 4.79 Å². The fourth-order valence-corrected chi connectivity index (χ4v) is 1.82. The highest BCUT2D eigenvalue weighted by Gasteiger charge is 2.04. The van der Waals surface area contributed by atoms with Crippen LogP contribution in [0.4, 0.5) is 5.69 Å². The Balaban J connectivity index is 0. The van der Waals surface area contributed by atoms with Crippen LogP contribution in [0, 0.1) is 13.8 Å². The SMILES string of the molecule is CNCCCNC(=O)CNc1c(C)cccc1C.Cl.Cl. The van der Waals surface area contributed by atoms with E-state index in [0.717, 1.165) is 29.8 Å². The van der Waals surface area contributed by atoms with Crippen molar-refractivity contribution in [3.05, 3.63) is 29.3 Å². The molecule has 1 aromatic carbocycles. The van der Waals surface area contributed by atoms with E-state index in [0.29, 0.717) is 13.1 Å². The summed E-state index contributed by atoms with van der Waals surface area (Å²) in [6, 6.07) is 6.11. The van der Waals surface area contributed by atoms with E-state index in [1.54, 1.807) is 0 Å². The summed E-state index contributed by atoms with van der Waals surface area (Å²) in [4.78, 5) is 11.6. The summed E-state index contributed by atoms with van der Waals surface area (Å²) in [7, 11) is 1.91. The van der Waals surface area contributed by atoms with Gasteiger partial charge < -0.3 is 16.0 Å². The molecule has 0 unspecified atom stereocenters. The molecule has 20 heavy (non-hydrogen) atoms. The Labute approximate surface area is 133 Å². The summed E-state index contributed by atoms with van der Waals surface area (Å²) in [5.74, 6) is 0.0359. The Morgan fingerprint density at radius 2 is 1.70 bits per heavy atom. The summed E-state index contributed by atoms with van der Waals surface area (Å²) in [5.41, 5.74) is 3.39. The summed E-state index contributed by atoms with van der Waals surface area (Å²) in [5, 5.41) is 9.13. The van der Waals surface area contributed by atoms with Crippen molar-refractivity contribution in [1.82, 2.24) is 10.6 Å². The van der Waals surface area contributed by atoms with Crippen molar-refractivity contribution in [3.8, 4) is 0 Å². The number of hydrogen-bond donors (Lipinski definition) is 3. The molecule has 1 rings (SSSR count). The first-order valence-electron chi connectivity index (χ1n) is 6.36. The van der Waals surface area contributed by atoms with Gasteiger partial charge in [-0.1, -0.05) is 18.2 Å². The molecular weight excluding hydrogens is 297 g/mol. The molecule has 116 valence electrons. The minimum Gasteiger partial charge on any atom is -0.376 e. The summed E-state index contributed by atoms with van der Waals surface area (Å²) in [6.45, 7) is 6.05. The highest BCUT2D eigenvalue weighted by Crippen LogP contribution is 2.18. The van der Waals surface area contributed by atoms with E-state index in [-0.39, 0.29) is 30.7 Å². The van der Waals surface area contributed by atoms with Gasteiger partial charge in [-0.2, -0.15) is 0 Å². The van der Waals surface area contributed by atoms with Gasteiger partial charge in [0.25, 0.3) is 0 Å². The second-order valence-electron chi connectivity index (χ2n) is 4.43. The average molecular weight is 322 g/mol. The van der Waals surface area contributed by atoms with Gasteiger partial charge in [0.2, 0.25) is 5.91 Å². The number of amides is 1. The van der Waals surface area contributed by atoms with E-state index in [4.69, 9.17) is 0 Å². The Morgan fingerprint density at radius 1 is 1.10 bits per heavy atom. The highest BCUT2D eigenvalue weighted by atomic mass is 35.5. The van der Waals surface area contributed by atoms with Crippen LogP contribution in [-0.2, 0) is 4.79 Å². The topological polar surface area (TPSA) is 53.2 Å². The third-order valence-corrected chi connectivity index (χ3v) is 2.83. The quantitative estimate of drug-likeness (QED) is 0.675. The van der Waals surface area contributed by atoms with Gasteiger partial charge in [-0.25, -0.2) is 0 Å². The van der Waals surface area contributed by atoms with E-state index < -0.39 is 0 Å². The summed E-state index contributed by atoms with van der Waals surface area (Å²) in [6.07, 6.45) is 0.950. The molecule has 0 aliphatic rings. The molecule has 3 N–H and O–H groups in total. The molecule has 0 aliphatic carbocycles. The van der Waals surface area contributed by atoms with Crippen molar-refractivity contribution < 1.29 is 4.79 Å². The Morgan fingerprint density at radius 3 is 2.25 bits per heavy atom. The zero-order valence-corrected chi connectivity index (χ0v) is 13.9. The molecule has 0 aliphatic heterocycles. The number of carbonyl (C=O) groups excluding carboxylic acids is 1. The molecule has 0 fully saturated rings. The van der Waals surface area contributed by atoms with E-state index in [1.165, 1.54) is 0 Å². The zero-order valence-electron chi connectivity index (χ0n) is 12.3. The molecule has 4 nitrogen and oxygen atoms in total. The van der Waals surface area contributed by atoms with Gasteiger partial charge in [0.1, 0.15) is 0 Å². The molecule has 0 radical (unpaired) electrons. The Bertz CT molecular complexity index is 380. The number of benzene rings is 1. The van der Waals surface area contributed by atoms with Crippen LogP contribution in [0.2, 0.25) is 0 Å². The monoisotopic (exact) mass is 321 g/mol. The normalized spacial score (nSPS) is 9.15. The van der Waals surface area contributed by atoms with Gasteiger partial charge >= 0.3 is 0 Å². The molecule has 1 aromatic rings. The van der Waals surface area contributed by atoms with Gasteiger partial charge in [0.15, 0.2) is 0 Å². The first-order valence-corrected chi connectivity index (χ1v) is 6.36. The second kappa shape index (κ2) is 11.8. The van der Waals surface area contributed by atoms with Crippen LogP contribution in [0.1, 0.15) is 17.5 Å². The first-order chi connectivity index (χ1) is 8.65. The lowest BCUT2D eigenvalue weighted by atomic mass is 10.1. The third-order valence-electron chi connectivity index (χ3n) is 2.83.